The fraction of sp³-hybridized carbons (Fsp3) is 0.417. The van der Waals surface area contributed by atoms with Crippen molar-refractivity contribution in [1.82, 2.24) is 4.90 Å². The summed E-state index contributed by atoms with van der Waals surface area (Å²) in [6.45, 7) is 3.92. The molecular weight excluding hydrogens is 309 g/mol. The van der Waals surface area contributed by atoms with Crippen molar-refractivity contribution in [3.05, 3.63) is 29.3 Å². The van der Waals surface area contributed by atoms with Crippen LogP contribution in [0.25, 0.3) is 0 Å². The van der Waals surface area contributed by atoms with Gasteiger partial charge in [-0.2, -0.15) is 13.2 Å². The molecule has 0 spiro atoms. The minimum Gasteiger partial charge on any atom is -0.339 e. The van der Waals surface area contributed by atoms with Gasteiger partial charge in [0.25, 0.3) is 5.91 Å². The maximum Gasteiger partial charge on any atom is 0.416 e. The monoisotopic (exact) mass is 324 g/mol. The zero-order valence-electron chi connectivity index (χ0n) is 11.4. The van der Waals surface area contributed by atoms with E-state index in [1.165, 1.54) is 4.90 Å². The summed E-state index contributed by atoms with van der Waals surface area (Å²) in [6, 6.07) is 1.88. The van der Waals surface area contributed by atoms with Gasteiger partial charge in [0.05, 0.1) is 16.0 Å². The van der Waals surface area contributed by atoms with Crippen LogP contribution in [0.1, 0.15) is 29.8 Å². The van der Waals surface area contributed by atoms with E-state index < -0.39 is 32.6 Å². The van der Waals surface area contributed by atoms with Gasteiger partial charge in [-0.1, -0.05) is 0 Å². The van der Waals surface area contributed by atoms with Crippen molar-refractivity contribution in [2.24, 2.45) is 5.14 Å². The summed E-state index contributed by atoms with van der Waals surface area (Å²) in [4.78, 5) is 12.6. The molecule has 1 rings (SSSR count). The average molecular weight is 324 g/mol. The van der Waals surface area contributed by atoms with Gasteiger partial charge in [-0.25, -0.2) is 13.6 Å². The molecule has 0 saturated carbocycles. The molecular formula is C12H15F3N2O3S. The highest BCUT2D eigenvalue weighted by molar-refractivity contribution is 7.89. The second-order valence-electron chi connectivity index (χ2n) is 4.23. The third kappa shape index (κ3) is 3.94. The molecule has 118 valence electrons. The van der Waals surface area contributed by atoms with E-state index in [1.54, 1.807) is 13.8 Å². The number of halogens is 3. The molecule has 1 aromatic rings. The molecule has 0 saturated heterocycles. The fourth-order valence-corrected chi connectivity index (χ4v) is 2.55. The third-order valence-corrected chi connectivity index (χ3v) is 3.85. The van der Waals surface area contributed by atoms with E-state index in [4.69, 9.17) is 5.14 Å². The van der Waals surface area contributed by atoms with Crippen molar-refractivity contribution in [3.8, 4) is 0 Å². The highest BCUT2D eigenvalue weighted by atomic mass is 32.2. The maximum atomic E-state index is 12.6. The number of carbonyl (C=O) groups excluding carboxylic acids is 1. The number of hydrogen-bond donors (Lipinski definition) is 1. The van der Waals surface area contributed by atoms with E-state index in [9.17, 15) is 26.4 Å². The Labute approximate surface area is 120 Å². The van der Waals surface area contributed by atoms with Gasteiger partial charge in [0.1, 0.15) is 0 Å². The summed E-state index contributed by atoms with van der Waals surface area (Å²) >= 11 is 0. The topological polar surface area (TPSA) is 80.5 Å². The summed E-state index contributed by atoms with van der Waals surface area (Å²) in [5.74, 6) is -0.683. The quantitative estimate of drug-likeness (QED) is 0.917. The molecule has 0 aliphatic carbocycles. The lowest BCUT2D eigenvalue weighted by Gasteiger charge is -2.20. The molecule has 1 aromatic carbocycles. The van der Waals surface area contributed by atoms with E-state index in [2.05, 4.69) is 0 Å². The van der Waals surface area contributed by atoms with Crippen molar-refractivity contribution in [2.75, 3.05) is 13.1 Å². The summed E-state index contributed by atoms with van der Waals surface area (Å²) in [7, 11) is -4.46. The molecule has 0 heterocycles. The standard InChI is InChI=1S/C12H15F3N2O3S/c1-3-17(4-2)11(18)9-6-5-8(12(13,14)15)7-10(9)21(16,19)20/h5-7H,3-4H2,1-2H3,(H2,16,19,20). The van der Waals surface area contributed by atoms with E-state index in [0.29, 0.717) is 25.2 Å². The number of amides is 1. The predicted molar refractivity (Wildman–Crippen MR) is 70.1 cm³/mol. The molecule has 9 heteroatoms. The van der Waals surface area contributed by atoms with Crippen LogP contribution in [0.15, 0.2) is 23.1 Å². The zero-order chi connectivity index (χ0) is 16.4. The summed E-state index contributed by atoms with van der Waals surface area (Å²) in [5, 5.41) is 4.92. The number of primary sulfonamides is 1. The van der Waals surface area contributed by atoms with Gasteiger partial charge in [0.15, 0.2) is 0 Å². The third-order valence-electron chi connectivity index (χ3n) is 2.90. The summed E-state index contributed by atoms with van der Waals surface area (Å²) < 4.78 is 60.9. The summed E-state index contributed by atoms with van der Waals surface area (Å²) in [6.07, 6.45) is -4.73. The van der Waals surface area contributed by atoms with Crippen LogP contribution in [0.2, 0.25) is 0 Å². The van der Waals surface area contributed by atoms with Crippen LogP contribution in [0.3, 0.4) is 0 Å². The molecule has 2 N–H and O–H groups in total. The molecule has 0 aliphatic heterocycles. The number of nitrogens with two attached hydrogens (primary N) is 1. The number of alkyl halides is 3. The molecule has 0 atom stereocenters. The van der Waals surface area contributed by atoms with Crippen LogP contribution in [-0.2, 0) is 16.2 Å². The van der Waals surface area contributed by atoms with Crippen LogP contribution in [0.5, 0.6) is 0 Å². The van der Waals surface area contributed by atoms with Gasteiger partial charge in [0, 0.05) is 13.1 Å². The Kier molecular flexibility index (Phi) is 5.00. The lowest BCUT2D eigenvalue weighted by Crippen LogP contribution is -2.32. The number of sulfonamides is 1. The van der Waals surface area contributed by atoms with Crippen molar-refractivity contribution < 1.29 is 26.4 Å². The second-order valence-corrected chi connectivity index (χ2v) is 5.76. The smallest absolute Gasteiger partial charge is 0.339 e. The fourth-order valence-electron chi connectivity index (χ4n) is 1.79. The Hall–Kier alpha value is -1.61. The molecule has 5 nitrogen and oxygen atoms in total. The molecule has 1 amide bonds. The molecule has 0 fully saturated rings. The van der Waals surface area contributed by atoms with E-state index >= 15 is 0 Å². The van der Waals surface area contributed by atoms with Crippen LogP contribution < -0.4 is 5.14 Å². The van der Waals surface area contributed by atoms with Gasteiger partial charge >= 0.3 is 6.18 Å². The van der Waals surface area contributed by atoms with Crippen molar-refractivity contribution >= 4 is 15.9 Å². The normalized spacial score (nSPS) is 12.3. The van der Waals surface area contributed by atoms with E-state index in [1.807, 2.05) is 0 Å². The van der Waals surface area contributed by atoms with Crippen LogP contribution in [-0.4, -0.2) is 32.3 Å². The van der Waals surface area contributed by atoms with E-state index in [-0.39, 0.29) is 5.56 Å². The number of hydrogen-bond acceptors (Lipinski definition) is 3. The number of nitrogens with zero attached hydrogens (tertiary/aromatic N) is 1. The molecule has 0 aromatic heterocycles. The second kappa shape index (κ2) is 6.02. The first kappa shape index (κ1) is 17.4. The van der Waals surface area contributed by atoms with Crippen molar-refractivity contribution in [2.45, 2.75) is 24.9 Å². The zero-order valence-corrected chi connectivity index (χ0v) is 12.3. The number of benzene rings is 1. The Balaban J connectivity index is 3.51. The minimum absolute atomic E-state index is 0.292. The largest absolute Gasteiger partial charge is 0.416 e. The first-order chi connectivity index (χ1) is 9.52. The van der Waals surface area contributed by atoms with Crippen molar-refractivity contribution in [3.63, 3.8) is 0 Å². The van der Waals surface area contributed by atoms with Gasteiger partial charge in [0.2, 0.25) is 10.0 Å². The Morgan fingerprint density at radius 3 is 2.14 bits per heavy atom. The molecule has 21 heavy (non-hydrogen) atoms. The molecule has 0 aliphatic rings. The Morgan fingerprint density at radius 1 is 1.24 bits per heavy atom. The van der Waals surface area contributed by atoms with Crippen LogP contribution in [0.4, 0.5) is 13.2 Å². The van der Waals surface area contributed by atoms with Gasteiger partial charge < -0.3 is 4.90 Å². The average Bonchev–Trinajstić information content (AvgIpc) is 2.37. The molecule has 0 bridgehead atoms. The molecule has 0 unspecified atom stereocenters. The lowest BCUT2D eigenvalue weighted by molar-refractivity contribution is -0.137. The van der Waals surface area contributed by atoms with Crippen LogP contribution in [0, 0.1) is 0 Å². The van der Waals surface area contributed by atoms with Crippen molar-refractivity contribution in [1.29, 1.82) is 0 Å². The predicted octanol–water partition coefficient (Wildman–Crippen LogP) is 1.83. The Bertz CT molecular complexity index is 638. The first-order valence-corrected chi connectivity index (χ1v) is 7.60. The minimum atomic E-state index is -4.73. The van der Waals surface area contributed by atoms with Gasteiger partial charge in [-0.05, 0) is 32.0 Å². The molecule has 0 radical (unpaired) electrons. The highest BCUT2D eigenvalue weighted by Gasteiger charge is 2.33. The highest BCUT2D eigenvalue weighted by Crippen LogP contribution is 2.31. The lowest BCUT2D eigenvalue weighted by atomic mass is 10.1. The summed E-state index contributed by atoms with van der Waals surface area (Å²) in [5.41, 5.74) is -1.54. The van der Waals surface area contributed by atoms with E-state index in [0.717, 1.165) is 6.07 Å². The Morgan fingerprint density at radius 2 is 1.76 bits per heavy atom. The maximum absolute atomic E-state index is 12.6. The van der Waals surface area contributed by atoms with Gasteiger partial charge in [-0.3, -0.25) is 4.79 Å². The van der Waals surface area contributed by atoms with Gasteiger partial charge in [-0.15, -0.1) is 0 Å². The van der Waals surface area contributed by atoms with Crippen LogP contribution >= 0.6 is 0 Å². The number of carbonyl (C=O) groups is 1. The SMILES string of the molecule is CCN(CC)C(=O)c1ccc(C(F)(F)F)cc1S(N)(=O)=O. The first-order valence-electron chi connectivity index (χ1n) is 6.05. The number of rotatable bonds is 4.